The maximum atomic E-state index is 5.88. The topological polar surface area (TPSA) is 46.2 Å². The zero-order valence-electron chi connectivity index (χ0n) is 10.6. The third-order valence-electron chi connectivity index (χ3n) is 1.68. The van der Waals surface area contributed by atoms with Crippen molar-refractivity contribution in [1.29, 1.82) is 0 Å². The van der Waals surface area contributed by atoms with Crippen LogP contribution in [0.4, 0.5) is 0 Å². The molecule has 9 heteroatoms. The van der Waals surface area contributed by atoms with Gasteiger partial charge in [-0.2, -0.15) is 0 Å². The highest BCUT2D eigenvalue weighted by molar-refractivity contribution is 6.77. The van der Waals surface area contributed by atoms with E-state index in [2.05, 4.69) is 0 Å². The monoisotopic (exact) mass is 295 g/mol. The van der Waals surface area contributed by atoms with E-state index >= 15 is 0 Å². The van der Waals surface area contributed by atoms with E-state index in [0.717, 1.165) is 0 Å². The van der Waals surface area contributed by atoms with Crippen LogP contribution < -0.4 is 0 Å². The highest BCUT2D eigenvalue weighted by Gasteiger charge is 2.44. The summed E-state index contributed by atoms with van der Waals surface area (Å²) in [5, 5.41) is 0. The number of hydrogen-bond acceptors (Lipinski definition) is 5. The molecule has 0 aromatic carbocycles. The SMILES string of the molecule is CC(C)O[Si]1(C)O[Si](C)O[Si](C)O[Si](C)O1. The summed E-state index contributed by atoms with van der Waals surface area (Å²) in [6, 6.07) is 0. The van der Waals surface area contributed by atoms with Crippen LogP contribution in [0.15, 0.2) is 0 Å². The predicted octanol–water partition coefficient (Wildman–Crippen LogP) is 1.41. The molecule has 1 heterocycles. The van der Waals surface area contributed by atoms with E-state index in [-0.39, 0.29) is 6.10 Å². The second-order valence-electron chi connectivity index (χ2n) is 3.91. The molecule has 0 atom stereocenters. The van der Waals surface area contributed by atoms with E-state index in [4.69, 9.17) is 20.9 Å². The number of hydrogen-bond donors (Lipinski definition) is 0. The van der Waals surface area contributed by atoms with Gasteiger partial charge in [0.15, 0.2) is 0 Å². The molecule has 3 radical (unpaired) electrons. The second-order valence-corrected chi connectivity index (χ2v) is 12.1. The Labute approximate surface area is 104 Å². The van der Waals surface area contributed by atoms with Crippen molar-refractivity contribution in [1.82, 2.24) is 0 Å². The molecule has 0 N–H and O–H groups in total. The summed E-state index contributed by atoms with van der Waals surface area (Å²) in [5.41, 5.74) is 0. The fraction of sp³-hybridized carbons (Fsp3) is 1.00. The summed E-state index contributed by atoms with van der Waals surface area (Å²) in [7, 11) is -6.45. The standard InChI is InChI=1S/C7H19O5Si4/c1-7(2)8-16(6)11-14(4)9-13(3)10-15(5)12-16/h7H,1-6H3. The lowest BCUT2D eigenvalue weighted by Gasteiger charge is -2.35. The zero-order valence-corrected chi connectivity index (χ0v) is 14.6. The van der Waals surface area contributed by atoms with Crippen LogP contribution in [0.3, 0.4) is 0 Å². The molecule has 1 saturated heterocycles. The molecule has 0 aromatic rings. The molecular formula is C7H19O5Si4. The molecule has 0 saturated carbocycles. The maximum Gasteiger partial charge on any atom is 0.479 e. The first kappa shape index (κ1) is 14.7. The number of rotatable bonds is 2. The minimum atomic E-state index is -2.58. The van der Waals surface area contributed by atoms with Gasteiger partial charge in [-0.15, -0.1) is 0 Å². The van der Waals surface area contributed by atoms with E-state index in [9.17, 15) is 0 Å². The molecule has 0 aliphatic carbocycles. The van der Waals surface area contributed by atoms with Crippen molar-refractivity contribution in [2.45, 2.75) is 46.1 Å². The van der Waals surface area contributed by atoms with Gasteiger partial charge in [0.25, 0.3) is 0 Å². The lowest BCUT2D eigenvalue weighted by atomic mass is 10.5. The van der Waals surface area contributed by atoms with Crippen LogP contribution >= 0.6 is 0 Å². The summed E-state index contributed by atoms with van der Waals surface area (Å²) in [4.78, 5) is 0. The van der Waals surface area contributed by atoms with Crippen LogP contribution in [0.1, 0.15) is 13.8 Å². The van der Waals surface area contributed by atoms with Crippen LogP contribution in [0.5, 0.6) is 0 Å². The van der Waals surface area contributed by atoms with Gasteiger partial charge in [-0.3, -0.25) is 0 Å². The summed E-state index contributed by atoms with van der Waals surface area (Å²) in [5.74, 6) is 0. The first-order chi connectivity index (χ1) is 7.31. The van der Waals surface area contributed by atoms with Gasteiger partial charge in [0.05, 0.1) is 0 Å². The molecule has 16 heavy (non-hydrogen) atoms. The quantitative estimate of drug-likeness (QED) is 0.721. The van der Waals surface area contributed by atoms with E-state index in [1.807, 2.05) is 40.0 Å². The lowest BCUT2D eigenvalue weighted by Crippen LogP contribution is -2.55. The first-order valence-electron chi connectivity index (χ1n) is 5.23. The van der Waals surface area contributed by atoms with Crippen molar-refractivity contribution < 1.29 is 20.9 Å². The first-order valence-corrected chi connectivity index (χ1v) is 12.9. The normalized spacial score (nSPS) is 25.7. The second kappa shape index (κ2) is 6.02. The van der Waals surface area contributed by atoms with E-state index in [0.29, 0.717) is 0 Å². The Hall–Kier alpha value is 0.668. The van der Waals surface area contributed by atoms with Gasteiger partial charge in [0, 0.05) is 12.7 Å². The Balaban J connectivity index is 2.68. The average Bonchev–Trinajstić information content (AvgIpc) is 1.95. The van der Waals surface area contributed by atoms with E-state index in [1.165, 1.54) is 0 Å². The minimum Gasteiger partial charge on any atom is -0.414 e. The highest BCUT2D eigenvalue weighted by atomic mass is 28.5. The summed E-state index contributed by atoms with van der Waals surface area (Å²) < 4.78 is 28.9. The molecule has 1 rings (SSSR count). The van der Waals surface area contributed by atoms with Gasteiger partial charge in [0.2, 0.25) is 0 Å². The van der Waals surface area contributed by atoms with Crippen LogP contribution in [0.25, 0.3) is 0 Å². The summed E-state index contributed by atoms with van der Waals surface area (Å²) >= 11 is 0. The molecule has 0 spiro atoms. The van der Waals surface area contributed by atoms with E-state index < -0.39 is 36.7 Å². The molecule has 1 fully saturated rings. The molecule has 0 bridgehead atoms. The van der Waals surface area contributed by atoms with Crippen molar-refractivity contribution in [2.75, 3.05) is 0 Å². The highest BCUT2D eigenvalue weighted by Crippen LogP contribution is 2.18. The van der Waals surface area contributed by atoms with Gasteiger partial charge < -0.3 is 20.9 Å². The van der Waals surface area contributed by atoms with Crippen LogP contribution in [-0.4, -0.2) is 42.8 Å². The summed E-state index contributed by atoms with van der Waals surface area (Å²) in [6.07, 6.45) is 0.0899. The Morgan fingerprint density at radius 2 is 1.38 bits per heavy atom. The largest absolute Gasteiger partial charge is 0.479 e. The van der Waals surface area contributed by atoms with Crippen LogP contribution in [0.2, 0.25) is 26.2 Å². The molecule has 1 aliphatic rings. The third-order valence-corrected chi connectivity index (χ3v) is 12.4. The molecule has 0 aromatic heterocycles. The Kier molecular flexibility index (Phi) is 5.54. The van der Waals surface area contributed by atoms with Gasteiger partial charge >= 0.3 is 36.7 Å². The summed E-state index contributed by atoms with van der Waals surface area (Å²) in [6.45, 7) is 11.7. The Morgan fingerprint density at radius 3 is 1.75 bits per heavy atom. The van der Waals surface area contributed by atoms with Gasteiger partial charge in [-0.1, -0.05) is 0 Å². The zero-order chi connectivity index (χ0) is 12.3. The van der Waals surface area contributed by atoms with Crippen molar-refractivity contribution in [3.8, 4) is 0 Å². The molecule has 1 aliphatic heterocycles. The van der Waals surface area contributed by atoms with Crippen LogP contribution in [0, 0.1) is 0 Å². The average molecular weight is 296 g/mol. The molecule has 0 unspecified atom stereocenters. The van der Waals surface area contributed by atoms with Gasteiger partial charge in [-0.25, -0.2) is 0 Å². The maximum absolute atomic E-state index is 5.88. The van der Waals surface area contributed by atoms with Crippen molar-refractivity contribution in [3.63, 3.8) is 0 Å². The molecule has 93 valence electrons. The fourth-order valence-corrected chi connectivity index (χ4v) is 12.3. The van der Waals surface area contributed by atoms with E-state index in [1.54, 1.807) is 0 Å². The van der Waals surface area contributed by atoms with Crippen molar-refractivity contribution >= 4 is 36.7 Å². The van der Waals surface area contributed by atoms with Crippen molar-refractivity contribution in [2.24, 2.45) is 0 Å². The minimum absolute atomic E-state index is 0.0899. The molecule has 0 amide bonds. The molecule has 5 nitrogen and oxygen atoms in total. The molecular weight excluding hydrogens is 276 g/mol. The van der Waals surface area contributed by atoms with Gasteiger partial charge in [0.1, 0.15) is 0 Å². The smallest absolute Gasteiger partial charge is 0.414 e. The fourth-order valence-electron chi connectivity index (χ4n) is 1.49. The third kappa shape index (κ3) is 4.89. The predicted molar refractivity (Wildman–Crippen MR) is 67.0 cm³/mol. The lowest BCUT2D eigenvalue weighted by molar-refractivity contribution is 0.110. The Bertz CT molecular complexity index is 215. The van der Waals surface area contributed by atoms with Crippen LogP contribution in [-0.2, 0) is 20.9 Å². The van der Waals surface area contributed by atoms with Gasteiger partial charge in [-0.05, 0) is 33.5 Å². The Morgan fingerprint density at radius 1 is 0.938 bits per heavy atom. The van der Waals surface area contributed by atoms with Crippen molar-refractivity contribution in [3.05, 3.63) is 0 Å².